The summed E-state index contributed by atoms with van der Waals surface area (Å²) in [7, 11) is 0. The van der Waals surface area contributed by atoms with Crippen LogP contribution in [0.15, 0.2) is 39.0 Å². The average molecular weight is 428 g/mol. The van der Waals surface area contributed by atoms with Crippen LogP contribution in [0.2, 0.25) is 0 Å². The molecule has 1 unspecified atom stereocenters. The van der Waals surface area contributed by atoms with Gasteiger partial charge in [0.15, 0.2) is 5.16 Å². The highest BCUT2D eigenvalue weighted by Gasteiger charge is 2.30. The van der Waals surface area contributed by atoms with E-state index >= 15 is 0 Å². The minimum absolute atomic E-state index is 0.0407. The maximum absolute atomic E-state index is 12.8. The van der Waals surface area contributed by atoms with Gasteiger partial charge in [0.05, 0.1) is 24.0 Å². The Labute approximate surface area is 176 Å². The van der Waals surface area contributed by atoms with Crippen molar-refractivity contribution in [1.82, 2.24) is 24.6 Å². The van der Waals surface area contributed by atoms with Crippen LogP contribution in [-0.2, 0) is 24.2 Å². The maximum Gasteiger partial charge on any atom is 0.257 e. The van der Waals surface area contributed by atoms with Gasteiger partial charge < -0.3 is 5.32 Å². The number of hydrogen-bond donors (Lipinski definition) is 1. The van der Waals surface area contributed by atoms with Gasteiger partial charge in [-0.25, -0.2) is 4.98 Å². The van der Waals surface area contributed by atoms with E-state index in [9.17, 15) is 9.59 Å². The Balaban J connectivity index is 1.17. The first-order valence-electron chi connectivity index (χ1n) is 9.79. The summed E-state index contributed by atoms with van der Waals surface area (Å²) in [5.74, 6) is 0.683. The molecule has 7 nitrogen and oxygen atoms in total. The van der Waals surface area contributed by atoms with E-state index < -0.39 is 0 Å². The molecule has 1 atom stereocenters. The normalized spacial score (nSPS) is 17.3. The minimum atomic E-state index is -0.115. The van der Waals surface area contributed by atoms with Gasteiger partial charge in [0.25, 0.3) is 5.56 Å². The summed E-state index contributed by atoms with van der Waals surface area (Å²) in [4.78, 5) is 29.9. The summed E-state index contributed by atoms with van der Waals surface area (Å²) in [5.41, 5.74) is 3.92. The first-order chi connectivity index (χ1) is 14.2. The van der Waals surface area contributed by atoms with Gasteiger partial charge in [0, 0.05) is 41.4 Å². The van der Waals surface area contributed by atoms with Crippen LogP contribution in [0.3, 0.4) is 0 Å². The molecule has 0 radical (unpaired) electrons. The molecule has 9 heteroatoms. The van der Waals surface area contributed by atoms with E-state index in [1.807, 2.05) is 28.4 Å². The van der Waals surface area contributed by atoms with Gasteiger partial charge in [-0.2, -0.15) is 16.4 Å². The van der Waals surface area contributed by atoms with Gasteiger partial charge in [-0.15, -0.1) is 0 Å². The van der Waals surface area contributed by atoms with Crippen LogP contribution in [0.5, 0.6) is 0 Å². The molecular formula is C20H21N5O2S2. The highest BCUT2D eigenvalue weighted by Crippen LogP contribution is 2.33. The minimum Gasteiger partial charge on any atom is -0.354 e. The standard InChI is InChI=1S/C20H21N5O2S2/c26-18(21-6-8-24-7-4-16(23-24)13-5-9-28-11-13)10-14-12-29-20-22-17-3-1-2-15(17)19(27)25(14)20/h4-5,7,9,11,14H,1-3,6,8,10,12H2,(H,21,26). The van der Waals surface area contributed by atoms with Crippen molar-refractivity contribution in [3.8, 4) is 11.3 Å². The lowest BCUT2D eigenvalue weighted by atomic mass is 10.2. The lowest BCUT2D eigenvalue weighted by molar-refractivity contribution is -0.121. The fourth-order valence-electron chi connectivity index (χ4n) is 3.95. The van der Waals surface area contributed by atoms with Crippen LogP contribution in [-0.4, -0.2) is 37.5 Å². The Hall–Kier alpha value is -2.39. The zero-order valence-corrected chi connectivity index (χ0v) is 17.5. The maximum atomic E-state index is 12.8. The van der Waals surface area contributed by atoms with Crippen LogP contribution in [0.25, 0.3) is 11.3 Å². The third-order valence-corrected chi connectivity index (χ3v) is 7.19. The lowest BCUT2D eigenvalue weighted by Gasteiger charge is -2.14. The first-order valence-corrected chi connectivity index (χ1v) is 11.7. The fourth-order valence-corrected chi connectivity index (χ4v) is 5.75. The van der Waals surface area contributed by atoms with Gasteiger partial charge in [-0.05, 0) is 36.8 Å². The number of hydrogen-bond acceptors (Lipinski definition) is 6. The number of carbonyl (C=O) groups is 1. The molecule has 0 fully saturated rings. The summed E-state index contributed by atoms with van der Waals surface area (Å²) in [6.07, 6.45) is 4.93. The van der Waals surface area contributed by atoms with Crippen LogP contribution in [0.1, 0.15) is 30.1 Å². The van der Waals surface area contributed by atoms with Crippen LogP contribution < -0.4 is 10.9 Å². The number of thioether (sulfide) groups is 1. The number of thiophene rings is 1. The van der Waals surface area contributed by atoms with Gasteiger partial charge in [0.2, 0.25) is 5.91 Å². The Bertz CT molecular complexity index is 1100. The molecule has 0 bridgehead atoms. The van der Waals surface area contributed by atoms with Crippen molar-refractivity contribution in [1.29, 1.82) is 0 Å². The topological polar surface area (TPSA) is 81.8 Å². The number of carbonyl (C=O) groups excluding carboxylic acids is 1. The molecular weight excluding hydrogens is 406 g/mol. The molecule has 0 spiro atoms. The number of nitrogens with one attached hydrogen (secondary N) is 1. The molecule has 1 aliphatic heterocycles. The summed E-state index contributed by atoms with van der Waals surface area (Å²) >= 11 is 3.23. The van der Waals surface area contributed by atoms with Crippen molar-refractivity contribution in [2.24, 2.45) is 0 Å². The van der Waals surface area contributed by atoms with Gasteiger partial charge in [0.1, 0.15) is 0 Å². The molecule has 150 valence electrons. The van der Waals surface area contributed by atoms with Crippen LogP contribution in [0, 0.1) is 0 Å². The number of rotatable bonds is 6. The molecule has 3 aromatic rings. The Kier molecular flexibility index (Phi) is 5.01. The molecule has 3 aromatic heterocycles. The molecule has 0 saturated heterocycles. The smallest absolute Gasteiger partial charge is 0.257 e. The molecule has 5 rings (SSSR count). The highest BCUT2D eigenvalue weighted by molar-refractivity contribution is 7.99. The first kappa shape index (κ1) is 18.6. The average Bonchev–Trinajstić information content (AvgIpc) is 3.49. The summed E-state index contributed by atoms with van der Waals surface area (Å²) in [5, 5.41) is 12.4. The molecule has 1 N–H and O–H groups in total. The summed E-state index contributed by atoms with van der Waals surface area (Å²) < 4.78 is 3.58. The summed E-state index contributed by atoms with van der Waals surface area (Å²) in [6.45, 7) is 1.12. The van der Waals surface area contributed by atoms with Crippen LogP contribution in [0.4, 0.5) is 0 Å². The van der Waals surface area contributed by atoms with Crippen LogP contribution >= 0.6 is 23.1 Å². The molecule has 1 aliphatic carbocycles. The van der Waals surface area contributed by atoms with Crippen molar-refractivity contribution < 1.29 is 4.79 Å². The number of amides is 1. The molecule has 2 aliphatic rings. The molecule has 4 heterocycles. The Morgan fingerprint density at radius 1 is 1.31 bits per heavy atom. The van der Waals surface area contributed by atoms with E-state index in [1.54, 1.807) is 27.7 Å². The highest BCUT2D eigenvalue weighted by atomic mass is 32.2. The van der Waals surface area contributed by atoms with E-state index in [0.29, 0.717) is 19.5 Å². The number of aryl methyl sites for hydroxylation is 1. The summed E-state index contributed by atoms with van der Waals surface area (Å²) in [6, 6.07) is 3.91. The monoisotopic (exact) mass is 427 g/mol. The molecule has 0 saturated carbocycles. The van der Waals surface area contributed by atoms with Crippen molar-refractivity contribution in [2.75, 3.05) is 12.3 Å². The van der Waals surface area contributed by atoms with Crippen molar-refractivity contribution in [3.05, 3.63) is 50.7 Å². The number of nitrogens with zero attached hydrogens (tertiary/aromatic N) is 4. The third-order valence-electron chi connectivity index (χ3n) is 5.41. The Morgan fingerprint density at radius 3 is 3.10 bits per heavy atom. The van der Waals surface area contributed by atoms with E-state index in [-0.39, 0.29) is 17.5 Å². The fraction of sp³-hybridized carbons (Fsp3) is 0.400. The second-order valence-electron chi connectivity index (χ2n) is 7.34. The molecule has 0 aromatic carbocycles. The van der Waals surface area contributed by atoms with Crippen molar-refractivity contribution in [3.63, 3.8) is 0 Å². The van der Waals surface area contributed by atoms with Gasteiger partial charge >= 0.3 is 0 Å². The zero-order chi connectivity index (χ0) is 19.8. The molecule has 1 amide bonds. The lowest BCUT2D eigenvalue weighted by Crippen LogP contribution is -2.33. The quantitative estimate of drug-likeness (QED) is 0.612. The zero-order valence-electron chi connectivity index (χ0n) is 15.8. The van der Waals surface area contributed by atoms with Gasteiger partial charge in [-0.3, -0.25) is 18.8 Å². The number of fused-ring (bicyclic) bond motifs is 2. The SMILES string of the molecule is O=C(CC1CSc2nc3c(c(=O)n21)CCC3)NCCn1ccc(-c2ccsc2)n1. The predicted molar refractivity (Wildman–Crippen MR) is 113 cm³/mol. The molecule has 29 heavy (non-hydrogen) atoms. The van der Waals surface area contributed by atoms with Gasteiger partial charge in [-0.1, -0.05) is 11.8 Å². The van der Waals surface area contributed by atoms with E-state index in [0.717, 1.165) is 52.7 Å². The predicted octanol–water partition coefficient (Wildman–Crippen LogP) is 2.51. The van der Waals surface area contributed by atoms with E-state index in [1.165, 1.54) is 0 Å². The largest absolute Gasteiger partial charge is 0.354 e. The Morgan fingerprint density at radius 2 is 2.24 bits per heavy atom. The van der Waals surface area contributed by atoms with E-state index in [4.69, 9.17) is 0 Å². The van der Waals surface area contributed by atoms with Crippen molar-refractivity contribution in [2.45, 2.75) is 43.4 Å². The van der Waals surface area contributed by atoms with Crippen molar-refractivity contribution >= 4 is 29.0 Å². The second kappa shape index (κ2) is 7.79. The number of aromatic nitrogens is 4. The van der Waals surface area contributed by atoms with E-state index in [2.05, 4.69) is 20.8 Å². The second-order valence-corrected chi connectivity index (χ2v) is 9.11. The third kappa shape index (κ3) is 3.64.